The largest absolute Gasteiger partial charge is 0.366 e. The molecule has 6 aromatic rings. The topological polar surface area (TPSA) is 155 Å². The van der Waals surface area contributed by atoms with E-state index in [1.165, 1.54) is 29.5 Å². The molecule has 0 radical (unpaired) electrons. The Morgan fingerprint density at radius 1 is 0.862 bits per heavy atom. The molecule has 8 rings (SSSR count). The maximum absolute atomic E-state index is 14.0. The Bertz CT molecular complexity index is 3110. The average Bonchev–Trinajstić information content (AvgIpc) is 3.91. The van der Waals surface area contributed by atoms with E-state index in [-0.39, 0.29) is 66.9 Å². The fourth-order valence-electron chi connectivity index (χ4n) is 5.62. The maximum Gasteiger partial charge on any atom is 0.186 e. The fourth-order valence-corrected chi connectivity index (χ4v) is 7.72. The minimum atomic E-state index is -2.95. The molecule has 2 aromatic carbocycles. The molecule has 0 bridgehead atoms. The van der Waals surface area contributed by atoms with Crippen LogP contribution in [0.25, 0.3) is 20.7 Å². The number of piperidine rings is 2. The van der Waals surface area contributed by atoms with Crippen LogP contribution in [-0.2, 0) is 13.0 Å². The van der Waals surface area contributed by atoms with E-state index in [1.807, 2.05) is 0 Å². The van der Waals surface area contributed by atoms with E-state index < -0.39 is 91.9 Å². The molecule has 6 heterocycles. The van der Waals surface area contributed by atoms with E-state index in [2.05, 4.69) is 29.9 Å². The first kappa shape index (κ1) is 27.8. The van der Waals surface area contributed by atoms with Crippen molar-refractivity contribution in [3.8, 4) is 12.1 Å². The van der Waals surface area contributed by atoms with E-state index in [9.17, 15) is 13.2 Å². The van der Waals surface area contributed by atoms with Gasteiger partial charge in [-0.25, -0.2) is 43.1 Å². The Labute approximate surface area is 369 Å². The fraction of sp³-hybridized carbons (Fsp3) is 0.385. The highest BCUT2D eigenvalue weighted by molar-refractivity contribution is 7.22. The summed E-state index contributed by atoms with van der Waals surface area (Å²) in [5, 5.41) is 19.6. The lowest BCUT2D eigenvalue weighted by Crippen LogP contribution is -2.38. The number of fused-ring (bicyclic) bond motifs is 2. The molecule has 58 heavy (non-hydrogen) atoms. The number of thiazole rings is 2. The number of hydrogen-bond acceptors (Lipinski definition) is 14. The summed E-state index contributed by atoms with van der Waals surface area (Å²) in [5.74, 6) is -4.93. The van der Waals surface area contributed by atoms with Gasteiger partial charge in [0.1, 0.15) is 48.5 Å². The second-order valence-corrected chi connectivity index (χ2v) is 15.7. The van der Waals surface area contributed by atoms with Crippen LogP contribution < -0.4 is 10.6 Å². The van der Waals surface area contributed by atoms with E-state index in [0.29, 0.717) is 34.4 Å². The lowest BCUT2D eigenvalue weighted by molar-refractivity contribution is 0.211. The third-order valence-corrected chi connectivity index (χ3v) is 11.1. The highest BCUT2D eigenvalue weighted by Gasteiger charge is 2.24. The summed E-state index contributed by atoms with van der Waals surface area (Å²) < 4.78 is 152. The number of nitrogens with zero attached hydrogens (tertiary/aromatic N) is 10. The molecule has 12 nitrogen and oxygen atoms in total. The van der Waals surface area contributed by atoms with Crippen LogP contribution >= 0.6 is 45.9 Å². The minimum absolute atomic E-state index is 0.0141. The number of halogens is 5. The summed E-state index contributed by atoms with van der Waals surface area (Å²) in [6, 6.07) is 3.09. The van der Waals surface area contributed by atoms with Gasteiger partial charge in [0.05, 0.1) is 23.9 Å². The van der Waals surface area contributed by atoms with E-state index in [0.717, 1.165) is 27.6 Å². The van der Waals surface area contributed by atoms with Crippen LogP contribution in [0.5, 0.6) is 0 Å². The van der Waals surface area contributed by atoms with Crippen LogP contribution in [0.15, 0.2) is 36.9 Å². The second-order valence-electron chi connectivity index (χ2n) is 12.7. The van der Waals surface area contributed by atoms with Gasteiger partial charge in [0.25, 0.3) is 0 Å². The van der Waals surface area contributed by atoms with Gasteiger partial charge in [-0.2, -0.15) is 10.5 Å². The standard InChI is InChI=1S/C21H22ClFN6S.C18H15ClF2N6S/c1-12(2)21-28-20-18(30-21)19(25-11-26-20)27-15-3-5-29(6-4-15)10-13-7-14(9-24)17(23)16(22)8-13;19-18-26-17-15(28-18)16(23-9-24-17)25-12-1-3-27(4-2-12)8-10-5-11(7-22)14(21)13(20)6-10/h7-8,11-12,15H,3-6,10H2,1-2H3,(H,25,26,27);5-6,9,12H,1-4,8H2,(H,23,24,25)/i10D,11D,12D,15D;1D2,2D2,8D,9D,12D/hD2. The highest BCUT2D eigenvalue weighted by Crippen LogP contribution is 2.33. The van der Waals surface area contributed by atoms with Crippen LogP contribution in [0.1, 0.15) is 87.7 Å². The highest BCUT2D eigenvalue weighted by atomic mass is 35.5. The van der Waals surface area contributed by atoms with Crippen molar-refractivity contribution in [2.75, 3.05) is 36.8 Å². The van der Waals surface area contributed by atoms with E-state index in [1.54, 1.807) is 24.8 Å². The first-order chi connectivity index (χ1) is 33.0. The predicted molar refractivity (Wildman–Crippen MR) is 221 cm³/mol. The lowest BCUT2D eigenvalue weighted by Gasteiger charge is -2.32. The summed E-state index contributed by atoms with van der Waals surface area (Å²) in [4.78, 5) is 26.7. The maximum atomic E-state index is 14.0. The van der Waals surface area contributed by atoms with Crippen molar-refractivity contribution >= 4 is 78.2 Å². The second kappa shape index (κ2) is 18.4. The van der Waals surface area contributed by atoms with Crippen LogP contribution in [0, 0.1) is 40.1 Å². The summed E-state index contributed by atoms with van der Waals surface area (Å²) in [7, 11) is 0. The third kappa shape index (κ3) is 9.74. The van der Waals surface area contributed by atoms with Crippen LogP contribution in [0.2, 0.25) is 12.3 Å². The molecule has 2 atom stereocenters. The Morgan fingerprint density at radius 3 is 2.03 bits per heavy atom. The molecule has 2 fully saturated rings. The Kier molecular flexibility index (Phi) is 8.86. The number of anilines is 2. The quantitative estimate of drug-likeness (QED) is 0.143. The first-order valence-electron chi connectivity index (χ1n) is 23.7. The number of benzene rings is 2. The van der Waals surface area contributed by atoms with Crippen molar-refractivity contribution in [2.24, 2.45) is 0 Å². The number of likely N-dealkylation sites (tertiary alicyclic amines) is 2. The minimum Gasteiger partial charge on any atom is -0.366 e. The summed E-state index contributed by atoms with van der Waals surface area (Å²) >= 11 is 13.8. The Balaban J connectivity index is 0.000000209. The van der Waals surface area contributed by atoms with Crippen LogP contribution in [0.4, 0.5) is 24.8 Å². The third-order valence-electron chi connectivity index (χ3n) is 8.41. The van der Waals surface area contributed by atoms with E-state index in [4.69, 9.17) is 51.6 Å². The van der Waals surface area contributed by atoms with Crippen LogP contribution in [-0.4, -0.2) is 77.9 Å². The Morgan fingerprint density at radius 2 is 1.41 bits per heavy atom. The van der Waals surface area contributed by atoms with Gasteiger partial charge in [0.15, 0.2) is 36.0 Å². The molecule has 2 aliphatic rings. The van der Waals surface area contributed by atoms with Gasteiger partial charge in [-0.3, -0.25) is 9.80 Å². The number of rotatable bonds is 9. The van der Waals surface area contributed by atoms with Crippen molar-refractivity contribution < 1.29 is 31.1 Å². The van der Waals surface area contributed by atoms with Gasteiger partial charge in [-0.1, -0.05) is 48.4 Å². The normalized spacial score (nSPS) is 22.9. The van der Waals surface area contributed by atoms with Crippen molar-refractivity contribution in [1.82, 2.24) is 39.7 Å². The van der Waals surface area contributed by atoms with Crippen molar-refractivity contribution in [3.05, 3.63) is 91.1 Å². The van der Waals surface area contributed by atoms with Crippen molar-refractivity contribution in [2.45, 2.75) is 70.4 Å². The molecule has 2 saturated heterocycles. The average molecular weight is 879 g/mol. The molecule has 0 aliphatic carbocycles. The van der Waals surface area contributed by atoms with Gasteiger partial charge >= 0.3 is 0 Å². The monoisotopic (exact) mass is 877 g/mol. The van der Waals surface area contributed by atoms with Crippen molar-refractivity contribution in [1.29, 1.82) is 10.5 Å². The summed E-state index contributed by atoms with van der Waals surface area (Å²) in [5.41, 5.74) is -0.580. The molecular weight excluding hydrogens is 829 g/mol. The van der Waals surface area contributed by atoms with Gasteiger partial charge in [0, 0.05) is 66.7 Å². The molecule has 19 heteroatoms. The van der Waals surface area contributed by atoms with Gasteiger partial charge in [-0.05, 0) is 61.0 Å². The van der Waals surface area contributed by atoms with Gasteiger partial charge in [0.2, 0.25) is 0 Å². The molecular formula is C39H37Cl2F3N12S2. The van der Waals surface area contributed by atoms with Gasteiger partial charge < -0.3 is 10.6 Å². The van der Waals surface area contributed by atoms with Gasteiger partial charge in [-0.15, -0.1) is 11.3 Å². The molecule has 300 valence electrons. The van der Waals surface area contributed by atoms with Crippen LogP contribution in [0.3, 0.4) is 0 Å². The molecule has 0 spiro atoms. The molecule has 2 N–H and O–H groups in total. The number of nitriles is 2. The SMILES string of the molecule is [2H]c1nc(N([2H])C2([2H])C([2H])([2H])CN(C([2H])c3cc(F)c(F)c(C#N)c3)CC2([2H])[2H])c2sc(Cl)nc2n1.[2H]c1nc(N([2H])C2([2H])CCN(C([2H])c3cc(Cl)c(F)c(C#N)c3)CC2)c2sc(C([2H])(C)C)nc2n1. The summed E-state index contributed by atoms with van der Waals surface area (Å²) in [6.45, 7) is -0.100. The molecule has 2 unspecified atom stereocenters. The molecule has 2 aliphatic heterocycles. The Hall–Kier alpha value is -4.75. The zero-order valence-corrected chi connectivity index (χ0v) is 33.4. The predicted octanol–water partition coefficient (Wildman–Crippen LogP) is 8.92. The summed E-state index contributed by atoms with van der Waals surface area (Å²) in [6.07, 6.45) is -6.23. The zero-order chi connectivity index (χ0) is 52.5. The smallest absolute Gasteiger partial charge is 0.186 e. The van der Waals surface area contributed by atoms with E-state index >= 15 is 0 Å². The number of nitrogens with one attached hydrogen (secondary N) is 2. The first-order valence-corrected chi connectivity index (χ1v) is 19.5. The van der Waals surface area contributed by atoms with Crippen molar-refractivity contribution in [3.63, 3.8) is 0 Å². The number of aromatic nitrogens is 6. The molecule has 0 saturated carbocycles. The number of hydrogen-bond donors (Lipinski definition) is 2. The molecule has 0 amide bonds. The lowest BCUT2D eigenvalue weighted by atomic mass is 10.0. The zero-order valence-electron chi connectivity index (χ0n) is 43.3. The molecule has 4 aromatic heterocycles.